The summed E-state index contributed by atoms with van der Waals surface area (Å²) in [6.07, 6.45) is 6.29. The molecular formula is C54H73N3O9S2. The van der Waals surface area contributed by atoms with E-state index in [1.807, 2.05) is 37.6 Å². The highest BCUT2D eigenvalue weighted by atomic mass is 32.2. The molecule has 8 N–H and O–H groups in total. The Morgan fingerprint density at radius 1 is 0.632 bits per heavy atom. The normalized spacial score (nSPS) is 24.6. The van der Waals surface area contributed by atoms with Crippen molar-refractivity contribution in [2.75, 3.05) is 19.1 Å². The number of benzene rings is 4. The van der Waals surface area contributed by atoms with Gasteiger partial charge in [0, 0.05) is 26.2 Å². The van der Waals surface area contributed by atoms with Crippen molar-refractivity contribution in [2.24, 2.45) is 17.4 Å². The summed E-state index contributed by atoms with van der Waals surface area (Å²) in [4.78, 5) is 23.7. The zero-order chi connectivity index (χ0) is 49.5. The van der Waals surface area contributed by atoms with E-state index in [4.69, 9.17) is 35.8 Å². The highest BCUT2D eigenvalue weighted by molar-refractivity contribution is 7.99. The van der Waals surface area contributed by atoms with E-state index in [1.165, 1.54) is 70.8 Å². The Bertz CT molecular complexity index is 2240. The number of thioether (sulfide) groups is 2. The van der Waals surface area contributed by atoms with Crippen LogP contribution < -0.4 is 11.5 Å². The topological polar surface area (TPSA) is 208 Å². The predicted molar refractivity (Wildman–Crippen MR) is 273 cm³/mol. The van der Waals surface area contributed by atoms with E-state index in [9.17, 15) is 24.9 Å². The van der Waals surface area contributed by atoms with E-state index >= 15 is 0 Å². The van der Waals surface area contributed by atoms with Crippen LogP contribution in [0.2, 0.25) is 0 Å². The Balaban J connectivity index is 0.000000255. The molecule has 0 unspecified atom stereocenters. The van der Waals surface area contributed by atoms with Gasteiger partial charge in [-0.3, -0.25) is 15.0 Å². The number of amidine groups is 1. The first-order valence-electron chi connectivity index (χ1n) is 23.7. The second kappa shape index (κ2) is 26.7. The van der Waals surface area contributed by atoms with Gasteiger partial charge in [-0.2, -0.15) is 0 Å². The molecule has 2 aliphatic heterocycles. The van der Waals surface area contributed by atoms with Crippen LogP contribution in [0.4, 0.5) is 0 Å². The third kappa shape index (κ3) is 15.4. The smallest absolute Gasteiger partial charge is 0.303 e. The average Bonchev–Trinajstić information content (AvgIpc) is 3.31. The molecule has 0 aromatic heterocycles. The van der Waals surface area contributed by atoms with Crippen molar-refractivity contribution in [1.29, 1.82) is 5.41 Å². The molecule has 0 radical (unpaired) electrons. The molecule has 370 valence electrons. The third-order valence-corrected chi connectivity index (χ3v) is 14.5. The molecule has 6 rings (SSSR count). The molecule has 0 amide bonds. The number of unbranched alkanes of at least 4 members (excludes halogenated alkanes) is 2. The number of nitrogens with one attached hydrogen (secondary N) is 1. The molecule has 2 fully saturated rings. The number of aliphatic hydroxyl groups is 3. The Kier molecular flexibility index (Phi) is 21.4. The molecule has 0 spiro atoms. The lowest BCUT2D eigenvalue weighted by Crippen LogP contribution is -2.52. The standard InChI is InChI=1S/C28H37NO5S.C26H36N2O4S/c1-17-8-13-23(16-24(17)15-22-11-9-21(10-12-22)7-6-14-29)25-18(2)26(32-19(3)30)27(33-20(4)31)28(34-25)35-5;1-16-8-13-19(25-23(30)22(29)24(31)26(32-25)33-2)15-20(16)14-18-11-9-17(10-12-18)6-4-3-5-7-21(27)28/h8-13,16,18,25-28H,6-7,14-15,29H2,1-5H3;8-13,15,22-26,29-31H,3-7,14H2,1-2H3,(H3,27,28)/t18-,25+,26+,27-,28+;22-,23-,24+,25+,26-/m01/s1. The number of aliphatic hydroxyl groups excluding tert-OH is 3. The highest BCUT2D eigenvalue weighted by Crippen LogP contribution is 2.43. The molecule has 14 heteroatoms. The fourth-order valence-electron chi connectivity index (χ4n) is 8.88. The monoisotopic (exact) mass is 971 g/mol. The van der Waals surface area contributed by atoms with Crippen molar-refractivity contribution in [3.63, 3.8) is 0 Å². The van der Waals surface area contributed by atoms with Gasteiger partial charge >= 0.3 is 11.9 Å². The van der Waals surface area contributed by atoms with Crippen LogP contribution in [0.3, 0.4) is 0 Å². The second-order valence-electron chi connectivity index (χ2n) is 18.1. The summed E-state index contributed by atoms with van der Waals surface area (Å²) in [5, 5.41) is 38.2. The fraction of sp³-hybridized carbons (Fsp3) is 0.500. The Morgan fingerprint density at radius 2 is 1.10 bits per heavy atom. The van der Waals surface area contributed by atoms with Crippen LogP contribution in [0.15, 0.2) is 84.9 Å². The summed E-state index contributed by atoms with van der Waals surface area (Å²) in [5.74, 6) is -0.767. The number of nitrogens with two attached hydrogens (primary N) is 2. The minimum atomic E-state index is -1.25. The van der Waals surface area contributed by atoms with Crippen molar-refractivity contribution in [3.8, 4) is 0 Å². The van der Waals surface area contributed by atoms with E-state index in [0.717, 1.165) is 73.6 Å². The Morgan fingerprint density at radius 3 is 1.59 bits per heavy atom. The maximum absolute atomic E-state index is 11.9. The summed E-state index contributed by atoms with van der Waals surface area (Å²) in [5.41, 5.74) is 21.6. The van der Waals surface area contributed by atoms with Crippen LogP contribution in [0.1, 0.15) is 121 Å². The first-order chi connectivity index (χ1) is 32.5. The van der Waals surface area contributed by atoms with Crippen molar-refractivity contribution < 1.29 is 43.9 Å². The maximum atomic E-state index is 11.9. The van der Waals surface area contributed by atoms with Crippen LogP contribution in [-0.4, -0.2) is 93.5 Å². The van der Waals surface area contributed by atoms with Crippen molar-refractivity contribution in [2.45, 2.75) is 146 Å². The van der Waals surface area contributed by atoms with Crippen LogP contribution in [-0.2, 0) is 54.2 Å². The van der Waals surface area contributed by atoms with Crippen LogP contribution in [0.25, 0.3) is 0 Å². The van der Waals surface area contributed by atoms with Crippen LogP contribution in [0, 0.1) is 25.2 Å². The van der Waals surface area contributed by atoms with Gasteiger partial charge in [0.25, 0.3) is 0 Å². The molecule has 2 aliphatic rings. The lowest BCUT2D eigenvalue weighted by atomic mass is 9.85. The molecule has 0 aliphatic carbocycles. The SMILES string of the molecule is CS[C@H]1O[C@@H](c2ccc(C)c(Cc3ccc(CCCCCC(=N)N)cc3)c2)[C@H](O)[C@@H](O)[C@@H]1O.CS[C@H]1O[C@@H](c2ccc(C)c(Cc3ccc(CCCN)cc3)c2)[C@H](C)[C@@H](OC(C)=O)[C@@H]1OC(C)=O. The first kappa shape index (κ1) is 54.7. The molecule has 0 saturated carbocycles. The molecule has 4 aromatic rings. The van der Waals surface area contributed by atoms with Gasteiger partial charge in [-0.1, -0.05) is 98.3 Å². The van der Waals surface area contributed by atoms with Gasteiger partial charge in [0.05, 0.1) is 11.9 Å². The van der Waals surface area contributed by atoms with Crippen LogP contribution >= 0.6 is 23.5 Å². The number of rotatable bonds is 19. The molecular weight excluding hydrogens is 899 g/mol. The number of aryl methyl sites for hydroxylation is 4. The minimum absolute atomic E-state index is 0.205. The molecule has 2 saturated heterocycles. The Labute approximate surface area is 411 Å². The van der Waals surface area contributed by atoms with E-state index < -0.39 is 59.4 Å². The summed E-state index contributed by atoms with van der Waals surface area (Å²) < 4.78 is 23.6. The van der Waals surface area contributed by atoms with Gasteiger partial charge < -0.3 is 45.7 Å². The molecule has 10 atom stereocenters. The van der Waals surface area contributed by atoms with E-state index in [1.54, 1.807) is 0 Å². The Hall–Kier alpha value is -4.25. The molecule has 0 bridgehead atoms. The van der Waals surface area contributed by atoms with Crippen molar-refractivity contribution in [3.05, 3.63) is 141 Å². The number of ether oxygens (including phenoxy) is 4. The summed E-state index contributed by atoms with van der Waals surface area (Å²) >= 11 is 2.77. The molecule has 2 heterocycles. The van der Waals surface area contributed by atoms with Crippen molar-refractivity contribution >= 4 is 41.3 Å². The maximum Gasteiger partial charge on any atom is 0.303 e. The number of carbonyl (C=O) groups excluding carboxylic acids is 2. The lowest BCUT2D eigenvalue weighted by Gasteiger charge is -2.44. The first-order valence-corrected chi connectivity index (χ1v) is 26.2. The summed E-state index contributed by atoms with van der Waals surface area (Å²) in [6.45, 7) is 9.59. The molecule has 68 heavy (non-hydrogen) atoms. The lowest BCUT2D eigenvalue weighted by molar-refractivity contribution is -0.208. The van der Waals surface area contributed by atoms with Gasteiger partial charge in [-0.25, -0.2) is 0 Å². The number of hydrogen-bond donors (Lipinski definition) is 6. The second-order valence-corrected chi connectivity index (χ2v) is 20.0. The molecule has 4 aromatic carbocycles. The minimum Gasteiger partial charge on any atom is -0.458 e. The van der Waals surface area contributed by atoms with E-state index in [0.29, 0.717) is 13.0 Å². The quantitative estimate of drug-likeness (QED) is 0.0227. The summed E-state index contributed by atoms with van der Waals surface area (Å²) in [6, 6.07) is 29.7. The summed E-state index contributed by atoms with van der Waals surface area (Å²) in [7, 11) is 0. The largest absolute Gasteiger partial charge is 0.458 e. The highest BCUT2D eigenvalue weighted by Gasteiger charge is 2.48. The third-order valence-electron chi connectivity index (χ3n) is 12.8. The van der Waals surface area contributed by atoms with Gasteiger partial charge in [0.2, 0.25) is 0 Å². The van der Waals surface area contributed by atoms with E-state index in [2.05, 4.69) is 80.6 Å². The van der Waals surface area contributed by atoms with Gasteiger partial charge in [-0.15, -0.1) is 23.5 Å². The predicted octanol–water partition coefficient (Wildman–Crippen LogP) is 8.20. The van der Waals surface area contributed by atoms with Crippen molar-refractivity contribution in [1.82, 2.24) is 0 Å². The molecule has 12 nitrogen and oxygen atoms in total. The van der Waals surface area contributed by atoms with Gasteiger partial charge in [-0.05, 0) is 133 Å². The van der Waals surface area contributed by atoms with Crippen LogP contribution in [0.5, 0.6) is 0 Å². The average molecular weight is 972 g/mol. The number of carbonyl (C=O) groups is 2. The number of esters is 2. The zero-order valence-corrected chi connectivity index (χ0v) is 42.3. The van der Waals surface area contributed by atoms with E-state index in [-0.39, 0.29) is 17.9 Å². The van der Waals surface area contributed by atoms with Gasteiger partial charge in [0.1, 0.15) is 41.4 Å². The zero-order valence-electron chi connectivity index (χ0n) is 40.7. The number of hydrogen-bond acceptors (Lipinski definition) is 13. The fourth-order valence-corrected chi connectivity index (χ4v) is 10.3. The van der Waals surface area contributed by atoms with Gasteiger partial charge in [0.15, 0.2) is 6.10 Å².